The van der Waals surface area contributed by atoms with Crippen LogP contribution in [0.3, 0.4) is 0 Å². The number of nitro benzene ring substituents is 1. The molecule has 0 fully saturated rings. The average molecular weight is 228 g/mol. The molecule has 0 spiro atoms. The summed E-state index contributed by atoms with van der Waals surface area (Å²) in [5, 5.41) is 10.6. The van der Waals surface area contributed by atoms with E-state index >= 15 is 0 Å². The lowest BCUT2D eigenvalue weighted by Crippen LogP contribution is -1.92. The van der Waals surface area contributed by atoms with Gasteiger partial charge in [-0.05, 0) is 29.7 Å². The average Bonchev–Trinajstić information content (AvgIpc) is 2.32. The van der Waals surface area contributed by atoms with Gasteiger partial charge in [-0.2, -0.15) is 0 Å². The van der Waals surface area contributed by atoms with Crippen LogP contribution in [0, 0.1) is 10.1 Å². The zero-order chi connectivity index (χ0) is 12.3. The van der Waals surface area contributed by atoms with Crippen LogP contribution in [0.5, 0.6) is 0 Å². The number of nitrogens with zero attached hydrogens (tertiary/aromatic N) is 1. The van der Waals surface area contributed by atoms with Gasteiger partial charge in [0.25, 0.3) is 5.69 Å². The standard InChI is InChI=1S/C13H12N2O2/c14-12-6-4-10(5-7-12)8-11-2-1-3-13(9-11)15(16)17/h1-7,9H,8,14H2. The molecule has 0 saturated heterocycles. The summed E-state index contributed by atoms with van der Waals surface area (Å²) in [6.07, 6.45) is 0.669. The normalized spacial score (nSPS) is 10.1. The van der Waals surface area contributed by atoms with Crippen molar-refractivity contribution in [1.29, 1.82) is 0 Å². The lowest BCUT2D eigenvalue weighted by atomic mass is 10.0. The zero-order valence-electron chi connectivity index (χ0n) is 9.17. The first-order valence-corrected chi connectivity index (χ1v) is 5.23. The Morgan fingerprint density at radius 3 is 2.41 bits per heavy atom. The van der Waals surface area contributed by atoms with E-state index in [2.05, 4.69) is 0 Å². The van der Waals surface area contributed by atoms with Gasteiger partial charge >= 0.3 is 0 Å². The van der Waals surface area contributed by atoms with Crippen molar-refractivity contribution in [3.8, 4) is 0 Å². The van der Waals surface area contributed by atoms with Crippen molar-refractivity contribution in [2.45, 2.75) is 6.42 Å². The van der Waals surface area contributed by atoms with Crippen LogP contribution in [-0.2, 0) is 6.42 Å². The maximum Gasteiger partial charge on any atom is 0.269 e. The van der Waals surface area contributed by atoms with E-state index in [0.717, 1.165) is 11.1 Å². The summed E-state index contributed by atoms with van der Waals surface area (Å²) >= 11 is 0. The molecule has 2 N–H and O–H groups in total. The molecule has 2 aromatic carbocycles. The Balaban J connectivity index is 2.21. The number of rotatable bonds is 3. The van der Waals surface area contributed by atoms with Gasteiger partial charge in [-0.25, -0.2) is 0 Å². The van der Waals surface area contributed by atoms with Gasteiger partial charge in [0.1, 0.15) is 0 Å². The molecular formula is C13H12N2O2. The van der Waals surface area contributed by atoms with Crippen molar-refractivity contribution >= 4 is 11.4 Å². The fraction of sp³-hybridized carbons (Fsp3) is 0.0769. The number of nitrogen functional groups attached to an aromatic ring is 1. The second kappa shape index (κ2) is 4.65. The minimum atomic E-state index is -0.382. The smallest absolute Gasteiger partial charge is 0.269 e. The summed E-state index contributed by atoms with van der Waals surface area (Å²) in [7, 11) is 0. The molecule has 17 heavy (non-hydrogen) atoms. The van der Waals surface area contributed by atoms with E-state index in [1.165, 1.54) is 6.07 Å². The van der Waals surface area contributed by atoms with Gasteiger partial charge in [0.15, 0.2) is 0 Å². The molecule has 0 aliphatic heterocycles. The van der Waals surface area contributed by atoms with Crippen LogP contribution in [0.25, 0.3) is 0 Å². The van der Waals surface area contributed by atoms with Crippen molar-refractivity contribution in [3.05, 3.63) is 69.8 Å². The molecule has 0 atom stereocenters. The molecule has 0 radical (unpaired) electrons. The molecule has 2 rings (SSSR count). The predicted molar refractivity (Wildman–Crippen MR) is 66.8 cm³/mol. The van der Waals surface area contributed by atoms with Crippen molar-refractivity contribution in [2.24, 2.45) is 0 Å². The van der Waals surface area contributed by atoms with Gasteiger partial charge in [0, 0.05) is 17.8 Å². The summed E-state index contributed by atoms with van der Waals surface area (Å²) < 4.78 is 0. The first-order valence-electron chi connectivity index (χ1n) is 5.23. The van der Waals surface area contributed by atoms with E-state index in [1.807, 2.05) is 30.3 Å². The molecule has 0 aliphatic rings. The molecule has 0 unspecified atom stereocenters. The monoisotopic (exact) mass is 228 g/mol. The third-order valence-corrected chi connectivity index (χ3v) is 2.51. The molecule has 0 amide bonds. The number of hydrogen-bond acceptors (Lipinski definition) is 3. The Kier molecular flexibility index (Phi) is 3.05. The van der Waals surface area contributed by atoms with Crippen molar-refractivity contribution in [2.75, 3.05) is 5.73 Å². The van der Waals surface area contributed by atoms with Gasteiger partial charge in [-0.3, -0.25) is 10.1 Å². The minimum Gasteiger partial charge on any atom is -0.399 e. The van der Waals surface area contributed by atoms with Crippen LogP contribution in [0.4, 0.5) is 11.4 Å². The largest absolute Gasteiger partial charge is 0.399 e. The highest BCUT2D eigenvalue weighted by molar-refractivity contribution is 5.42. The van der Waals surface area contributed by atoms with Crippen LogP contribution < -0.4 is 5.73 Å². The first-order chi connectivity index (χ1) is 8.15. The van der Waals surface area contributed by atoms with Crippen molar-refractivity contribution in [3.63, 3.8) is 0 Å². The molecule has 86 valence electrons. The topological polar surface area (TPSA) is 69.2 Å². The highest BCUT2D eigenvalue weighted by atomic mass is 16.6. The van der Waals surface area contributed by atoms with Crippen LogP contribution in [0.2, 0.25) is 0 Å². The third-order valence-electron chi connectivity index (χ3n) is 2.51. The molecule has 0 aliphatic carbocycles. The zero-order valence-corrected chi connectivity index (χ0v) is 9.17. The van der Waals surface area contributed by atoms with E-state index in [0.29, 0.717) is 12.1 Å². The maximum absolute atomic E-state index is 10.6. The Labute approximate surface area is 98.8 Å². The summed E-state index contributed by atoms with van der Waals surface area (Å²) in [4.78, 5) is 10.3. The first kappa shape index (κ1) is 11.1. The van der Waals surface area contributed by atoms with E-state index in [-0.39, 0.29) is 10.6 Å². The molecule has 0 bridgehead atoms. The molecule has 0 saturated carbocycles. The highest BCUT2D eigenvalue weighted by Crippen LogP contribution is 2.17. The molecular weight excluding hydrogens is 216 g/mol. The van der Waals surface area contributed by atoms with Gasteiger partial charge in [-0.15, -0.1) is 0 Å². The number of benzene rings is 2. The van der Waals surface area contributed by atoms with Crippen LogP contribution >= 0.6 is 0 Å². The van der Waals surface area contributed by atoms with Crippen molar-refractivity contribution < 1.29 is 4.92 Å². The number of non-ortho nitro benzene ring substituents is 1. The van der Waals surface area contributed by atoms with E-state index in [9.17, 15) is 10.1 Å². The van der Waals surface area contributed by atoms with Gasteiger partial charge in [0.2, 0.25) is 0 Å². The predicted octanol–water partition coefficient (Wildman–Crippen LogP) is 2.77. The van der Waals surface area contributed by atoms with E-state index in [1.54, 1.807) is 12.1 Å². The van der Waals surface area contributed by atoms with Crippen LogP contribution in [-0.4, -0.2) is 4.92 Å². The number of anilines is 1. The summed E-state index contributed by atoms with van der Waals surface area (Å²) in [5.74, 6) is 0. The highest BCUT2D eigenvalue weighted by Gasteiger charge is 2.05. The van der Waals surface area contributed by atoms with Crippen molar-refractivity contribution in [1.82, 2.24) is 0 Å². The van der Waals surface area contributed by atoms with E-state index < -0.39 is 0 Å². The summed E-state index contributed by atoms with van der Waals surface area (Å²) in [6.45, 7) is 0. The molecule has 4 nitrogen and oxygen atoms in total. The SMILES string of the molecule is Nc1ccc(Cc2cccc([N+](=O)[O-])c2)cc1. The number of hydrogen-bond donors (Lipinski definition) is 1. The van der Waals surface area contributed by atoms with E-state index in [4.69, 9.17) is 5.73 Å². The number of nitro groups is 1. The maximum atomic E-state index is 10.6. The Morgan fingerprint density at radius 2 is 1.76 bits per heavy atom. The Hall–Kier alpha value is -2.36. The summed E-state index contributed by atoms with van der Waals surface area (Å²) in [5.41, 5.74) is 8.44. The molecule has 0 heterocycles. The second-order valence-corrected chi connectivity index (χ2v) is 3.85. The lowest BCUT2D eigenvalue weighted by Gasteiger charge is -2.02. The van der Waals surface area contributed by atoms with Gasteiger partial charge in [-0.1, -0.05) is 24.3 Å². The number of nitrogens with two attached hydrogens (primary N) is 1. The molecule has 0 aromatic heterocycles. The quantitative estimate of drug-likeness (QED) is 0.499. The summed E-state index contributed by atoms with van der Waals surface area (Å²) in [6, 6.07) is 14.2. The van der Waals surface area contributed by atoms with Crippen LogP contribution in [0.15, 0.2) is 48.5 Å². The lowest BCUT2D eigenvalue weighted by molar-refractivity contribution is -0.384. The minimum absolute atomic E-state index is 0.123. The Bertz CT molecular complexity index is 535. The second-order valence-electron chi connectivity index (χ2n) is 3.85. The fourth-order valence-electron chi connectivity index (χ4n) is 1.65. The molecule has 4 heteroatoms. The fourth-order valence-corrected chi connectivity index (χ4v) is 1.65. The van der Waals surface area contributed by atoms with Crippen LogP contribution in [0.1, 0.15) is 11.1 Å². The van der Waals surface area contributed by atoms with Gasteiger partial charge < -0.3 is 5.73 Å². The molecule has 2 aromatic rings. The third kappa shape index (κ3) is 2.81. The van der Waals surface area contributed by atoms with Gasteiger partial charge in [0.05, 0.1) is 4.92 Å². The Morgan fingerprint density at radius 1 is 1.06 bits per heavy atom.